The highest BCUT2D eigenvalue weighted by Gasteiger charge is 2.19. The molecule has 4 nitrogen and oxygen atoms in total. The summed E-state index contributed by atoms with van der Waals surface area (Å²) in [5.74, 6) is -1.19. The predicted molar refractivity (Wildman–Crippen MR) is 90.4 cm³/mol. The van der Waals surface area contributed by atoms with Gasteiger partial charge < -0.3 is 10.3 Å². The summed E-state index contributed by atoms with van der Waals surface area (Å²) in [6, 6.07) is 14.7. The highest BCUT2D eigenvalue weighted by atomic mass is 127. The molecule has 0 spiro atoms. The largest absolute Gasteiger partial charge is 0.360 e. The molecule has 0 atom stereocenters. The quantitative estimate of drug-likeness (QED) is 0.408. The van der Waals surface area contributed by atoms with Crippen LogP contribution in [0.3, 0.4) is 0 Å². The zero-order valence-corrected chi connectivity index (χ0v) is 13.0. The molecule has 3 rings (SSSR count). The molecule has 104 valence electrons. The third kappa shape index (κ3) is 2.82. The minimum absolute atomic E-state index is 0.383. The van der Waals surface area contributed by atoms with Gasteiger partial charge in [-0.15, -0.1) is 0 Å². The highest BCUT2D eigenvalue weighted by Crippen LogP contribution is 2.19. The van der Waals surface area contributed by atoms with Gasteiger partial charge in [0, 0.05) is 26.4 Å². The first-order valence-corrected chi connectivity index (χ1v) is 7.40. The molecule has 0 saturated carbocycles. The topological polar surface area (TPSA) is 62.0 Å². The SMILES string of the molecule is O=C(Nc1cccc(I)c1)C(=O)c1c[nH]c2ccccc12. The number of ketones is 1. The molecular formula is C16H11IN2O2. The monoisotopic (exact) mass is 390 g/mol. The summed E-state index contributed by atoms with van der Waals surface area (Å²) in [5.41, 5.74) is 1.83. The van der Waals surface area contributed by atoms with Crippen LogP contribution in [0.4, 0.5) is 5.69 Å². The molecule has 0 saturated heterocycles. The van der Waals surface area contributed by atoms with Gasteiger partial charge in [0.15, 0.2) is 0 Å². The average Bonchev–Trinajstić information content (AvgIpc) is 2.90. The van der Waals surface area contributed by atoms with E-state index in [2.05, 4.69) is 32.9 Å². The average molecular weight is 390 g/mol. The van der Waals surface area contributed by atoms with E-state index in [1.807, 2.05) is 36.4 Å². The maximum absolute atomic E-state index is 12.3. The lowest BCUT2D eigenvalue weighted by molar-refractivity contribution is -0.112. The zero-order valence-electron chi connectivity index (χ0n) is 10.9. The summed E-state index contributed by atoms with van der Waals surface area (Å²) in [4.78, 5) is 27.4. The van der Waals surface area contributed by atoms with Crippen molar-refractivity contribution in [2.75, 3.05) is 5.32 Å². The maximum atomic E-state index is 12.3. The van der Waals surface area contributed by atoms with E-state index in [1.165, 1.54) is 0 Å². The summed E-state index contributed by atoms with van der Waals surface area (Å²) in [5, 5.41) is 3.38. The van der Waals surface area contributed by atoms with E-state index in [4.69, 9.17) is 0 Å². The van der Waals surface area contributed by atoms with Gasteiger partial charge in [0.05, 0.1) is 5.56 Å². The Labute approximate surface area is 134 Å². The number of nitrogens with one attached hydrogen (secondary N) is 2. The van der Waals surface area contributed by atoms with Gasteiger partial charge in [0.1, 0.15) is 0 Å². The molecule has 3 aromatic rings. The molecule has 0 aliphatic heterocycles. The lowest BCUT2D eigenvalue weighted by Crippen LogP contribution is -2.22. The van der Waals surface area contributed by atoms with Crippen LogP contribution in [0.5, 0.6) is 0 Å². The lowest BCUT2D eigenvalue weighted by Gasteiger charge is -2.04. The van der Waals surface area contributed by atoms with E-state index in [1.54, 1.807) is 18.3 Å². The normalized spacial score (nSPS) is 10.5. The third-order valence-corrected chi connectivity index (χ3v) is 3.79. The number of aromatic amines is 1. The molecular weight excluding hydrogens is 379 g/mol. The van der Waals surface area contributed by atoms with E-state index < -0.39 is 11.7 Å². The molecule has 1 amide bonds. The number of para-hydroxylation sites is 1. The van der Waals surface area contributed by atoms with Gasteiger partial charge in [-0.25, -0.2) is 0 Å². The van der Waals surface area contributed by atoms with Crippen molar-refractivity contribution in [3.05, 3.63) is 63.9 Å². The Morgan fingerprint density at radius 3 is 2.67 bits per heavy atom. The third-order valence-electron chi connectivity index (χ3n) is 3.12. The Hall–Kier alpha value is -2.15. The second-order valence-corrected chi connectivity index (χ2v) is 5.79. The van der Waals surface area contributed by atoms with E-state index in [9.17, 15) is 9.59 Å². The first-order chi connectivity index (χ1) is 10.1. The molecule has 0 radical (unpaired) electrons. The summed E-state index contributed by atoms with van der Waals surface area (Å²) >= 11 is 2.15. The van der Waals surface area contributed by atoms with E-state index >= 15 is 0 Å². The predicted octanol–water partition coefficient (Wildman–Crippen LogP) is 3.59. The number of H-pyrrole nitrogens is 1. The van der Waals surface area contributed by atoms with E-state index in [-0.39, 0.29) is 0 Å². The molecule has 0 unspecified atom stereocenters. The second-order valence-electron chi connectivity index (χ2n) is 4.54. The number of hydrogen-bond donors (Lipinski definition) is 2. The van der Waals surface area contributed by atoms with Crippen LogP contribution in [0.15, 0.2) is 54.7 Å². The number of halogens is 1. The number of rotatable bonds is 3. The van der Waals surface area contributed by atoms with Crippen LogP contribution in [0.2, 0.25) is 0 Å². The maximum Gasteiger partial charge on any atom is 0.296 e. The van der Waals surface area contributed by atoms with E-state index in [0.29, 0.717) is 11.3 Å². The molecule has 2 N–H and O–H groups in total. The molecule has 1 aromatic heterocycles. The first-order valence-electron chi connectivity index (χ1n) is 6.32. The van der Waals surface area contributed by atoms with Crippen LogP contribution in [0, 0.1) is 3.57 Å². The van der Waals surface area contributed by atoms with Crippen LogP contribution in [0.1, 0.15) is 10.4 Å². The number of carbonyl (C=O) groups excluding carboxylic acids is 2. The van der Waals surface area contributed by atoms with Crippen molar-refractivity contribution < 1.29 is 9.59 Å². The van der Waals surface area contributed by atoms with Crippen molar-refractivity contribution in [1.82, 2.24) is 4.98 Å². The molecule has 21 heavy (non-hydrogen) atoms. The standard InChI is InChI=1S/C16H11IN2O2/c17-10-4-3-5-11(8-10)19-16(21)15(20)13-9-18-14-7-2-1-6-12(13)14/h1-9,18H,(H,19,21). The van der Waals surface area contributed by atoms with Gasteiger partial charge in [-0.1, -0.05) is 24.3 Å². The second kappa shape index (κ2) is 5.69. The van der Waals surface area contributed by atoms with Crippen molar-refractivity contribution in [3.63, 3.8) is 0 Å². The number of hydrogen-bond acceptors (Lipinski definition) is 2. The van der Waals surface area contributed by atoms with Crippen LogP contribution in [-0.4, -0.2) is 16.7 Å². The Bertz CT molecular complexity index is 839. The number of Topliss-reactive ketones (excluding diaryl/α,β-unsaturated/α-hetero) is 1. The zero-order chi connectivity index (χ0) is 14.8. The molecule has 0 aliphatic rings. The van der Waals surface area contributed by atoms with Crippen molar-refractivity contribution >= 4 is 50.9 Å². The number of aromatic nitrogens is 1. The van der Waals surface area contributed by atoms with Crippen LogP contribution >= 0.6 is 22.6 Å². The Morgan fingerprint density at radius 1 is 1.05 bits per heavy atom. The van der Waals surface area contributed by atoms with Crippen molar-refractivity contribution in [3.8, 4) is 0 Å². The molecule has 1 heterocycles. The fraction of sp³-hybridized carbons (Fsp3) is 0. The summed E-state index contributed by atoms with van der Waals surface area (Å²) < 4.78 is 0.991. The Balaban J connectivity index is 1.86. The van der Waals surface area contributed by atoms with Crippen molar-refractivity contribution in [1.29, 1.82) is 0 Å². The van der Waals surface area contributed by atoms with Crippen LogP contribution in [-0.2, 0) is 4.79 Å². The Kier molecular flexibility index (Phi) is 3.74. The molecule has 2 aromatic carbocycles. The van der Waals surface area contributed by atoms with Gasteiger partial charge in [-0.3, -0.25) is 9.59 Å². The molecule has 0 aliphatic carbocycles. The number of fused-ring (bicyclic) bond motifs is 1. The fourth-order valence-electron chi connectivity index (χ4n) is 2.14. The van der Waals surface area contributed by atoms with Gasteiger partial charge in [0.2, 0.25) is 0 Å². The number of carbonyl (C=O) groups is 2. The van der Waals surface area contributed by atoms with Crippen LogP contribution < -0.4 is 5.32 Å². The molecule has 5 heteroatoms. The minimum Gasteiger partial charge on any atom is -0.360 e. The van der Waals surface area contributed by atoms with Crippen molar-refractivity contribution in [2.45, 2.75) is 0 Å². The van der Waals surface area contributed by atoms with Crippen molar-refractivity contribution in [2.24, 2.45) is 0 Å². The van der Waals surface area contributed by atoms with Gasteiger partial charge in [-0.2, -0.15) is 0 Å². The first kappa shape index (κ1) is 13.8. The number of amides is 1. The molecule has 0 fully saturated rings. The smallest absolute Gasteiger partial charge is 0.296 e. The lowest BCUT2D eigenvalue weighted by atomic mass is 10.1. The van der Waals surface area contributed by atoms with E-state index in [0.717, 1.165) is 14.5 Å². The highest BCUT2D eigenvalue weighted by molar-refractivity contribution is 14.1. The summed E-state index contributed by atoms with van der Waals surface area (Å²) in [6.45, 7) is 0. The Morgan fingerprint density at radius 2 is 1.86 bits per heavy atom. The number of anilines is 1. The minimum atomic E-state index is -0.637. The molecule has 0 bridgehead atoms. The van der Waals surface area contributed by atoms with Gasteiger partial charge in [-0.05, 0) is 46.9 Å². The van der Waals surface area contributed by atoms with Crippen LogP contribution in [0.25, 0.3) is 10.9 Å². The number of benzene rings is 2. The van der Waals surface area contributed by atoms with Gasteiger partial charge >= 0.3 is 0 Å². The fourth-order valence-corrected chi connectivity index (χ4v) is 2.68. The summed E-state index contributed by atoms with van der Waals surface area (Å²) in [7, 11) is 0. The van der Waals surface area contributed by atoms with Gasteiger partial charge in [0.25, 0.3) is 11.7 Å². The summed E-state index contributed by atoms with van der Waals surface area (Å²) in [6.07, 6.45) is 1.57.